The summed E-state index contributed by atoms with van der Waals surface area (Å²) in [6, 6.07) is 7.00. The summed E-state index contributed by atoms with van der Waals surface area (Å²) in [5.41, 5.74) is 1.35. The number of amides is 2. The Balaban J connectivity index is 1.48. The lowest BCUT2D eigenvalue weighted by Gasteiger charge is -2.31. The third-order valence-electron chi connectivity index (χ3n) is 5.92. The van der Waals surface area contributed by atoms with Crippen LogP contribution in [0.5, 0.6) is 0 Å². The Bertz CT molecular complexity index is 667. The van der Waals surface area contributed by atoms with Crippen molar-refractivity contribution in [1.29, 1.82) is 0 Å². The van der Waals surface area contributed by atoms with E-state index in [-0.39, 0.29) is 23.5 Å². The quantitative estimate of drug-likeness (QED) is 0.814. The van der Waals surface area contributed by atoms with Gasteiger partial charge in [-0.25, -0.2) is 0 Å². The molecule has 0 bridgehead atoms. The number of nitrogens with zero attached hydrogens (tertiary/aromatic N) is 1. The summed E-state index contributed by atoms with van der Waals surface area (Å²) in [5, 5.41) is 2.95. The second-order valence-corrected chi connectivity index (χ2v) is 7.91. The van der Waals surface area contributed by atoms with E-state index in [2.05, 4.69) is 10.2 Å². The fourth-order valence-electron chi connectivity index (χ4n) is 4.18. The monoisotopic (exact) mass is 370 g/mol. The Hall–Kier alpha value is -2.17. The molecule has 2 amide bonds. The Morgan fingerprint density at radius 3 is 1.96 bits per heavy atom. The van der Waals surface area contributed by atoms with E-state index in [0.717, 1.165) is 51.6 Å². The number of carbonyl (C=O) groups excluding carboxylic acids is 3. The van der Waals surface area contributed by atoms with Crippen LogP contribution in [0.2, 0.25) is 0 Å². The van der Waals surface area contributed by atoms with Crippen LogP contribution in [-0.2, 0) is 9.59 Å². The van der Waals surface area contributed by atoms with Crippen molar-refractivity contribution in [3.05, 3.63) is 29.8 Å². The molecule has 5 heteroatoms. The van der Waals surface area contributed by atoms with Gasteiger partial charge in [0.2, 0.25) is 11.8 Å². The summed E-state index contributed by atoms with van der Waals surface area (Å²) in [7, 11) is 0. The molecule has 1 saturated heterocycles. The van der Waals surface area contributed by atoms with Crippen LogP contribution in [0.4, 0.5) is 5.69 Å². The van der Waals surface area contributed by atoms with E-state index in [1.54, 1.807) is 24.3 Å². The van der Waals surface area contributed by atoms with Gasteiger partial charge in [-0.3, -0.25) is 14.4 Å². The normalized spacial score (nSPS) is 23.4. The number of nitrogens with one attached hydrogen (secondary N) is 1. The van der Waals surface area contributed by atoms with Crippen LogP contribution >= 0.6 is 0 Å². The van der Waals surface area contributed by atoms with Crippen molar-refractivity contribution in [1.82, 2.24) is 4.90 Å². The maximum absolute atomic E-state index is 12.8. The van der Waals surface area contributed by atoms with E-state index in [0.29, 0.717) is 17.2 Å². The second kappa shape index (κ2) is 9.16. The molecule has 27 heavy (non-hydrogen) atoms. The van der Waals surface area contributed by atoms with Crippen LogP contribution in [0.25, 0.3) is 0 Å². The Labute approximate surface area is 161 Å². The smallest absolute Gasteiger partial charge is 0.227 e. The molecule has 5 nitrogen and oxygen atoms in total. The number of rotatable bonds is 4. The number of anilines is 1. The molecule has 0 spiro atoms. The molecule has 2 fully saturated rings. The van der Waals surface area contributed by atoms with E-state index in [1.165, 1.54) is 19.8 Å². The predicted octanol–water partition coefficient (Wildman–Crippen LogP) is 4.04. The van der Waals surface area contributed by atoms with Gasteiger partial charge >= 0.3 is 0 Å². The Morgan fingerprint density at radius 1 is 0.852 bits per heavy atom. The zero-order valence-electron chi connectivity index (χ0n) is 16.2. The third kappa shape index (κ3) is 5.18. The molecule has 1 aromatic carbocycles. The van der Waals surface area contributed by atoms with Gasteiger partial charge in [-0.05, 0) is 69.7 Å². The fraction of sp³-hybridized carbons (Fsp3) is 0.591. The molecule has 1 heterocycles. The van der Waals surface area contributed by atoms with Crippen LogP contribution in [0.1, 0.15) is 68.6 Å². The highest BCUT2D eigenvalue weighted by Gasteiger charge is 2.32. The Kier molecular flexibility index (Phi) is 6.64. The first kappa shape index (κ1) is 19.6. The molecule has 1 saturated carbocycles. The first-order valence-electron chi connectivity index (χ1n) is 10.3. The molecular formula is C22H30N2O3. The highest BCUT2D eigenvalue weighted by molar-refractivity contribution is 5.96. The standard InChI is InChI=1S/C22H30N2O3/c1-16(25)17-10-12-20(13-11-17)23-21(26)18-6-8-19(9-7-18)22(27)24-14-4-2-3-5-15-24/h10-13,18-19H,2-9,14-15H2,1H3,(H,23,26). The molecule has 2 aliphatic rings. The lowest BCUT2D eigenvalue weighted by molar-refractivity contribution is -0.137. The highest BCUT2D eigenvalue weighted by atomic mass is 16.2. The molecule has 1 aromatic rings. The number of benzene rings is 1. The van der Waals surface area contributed by atoms with Crippen LogP contribution in [0.15, 0.2) is 24.3 Å². The molecular weight excluding hydrogens is 340 g/mol. The van der Waals surface area contributed by atoms with Gasteiger partial charge in [0, 0.05) is 36.2 Å². The van der Waals surface area contributed by atoms with Crippen molar-refractivity contribution >= 4 is 23.3 Å². The van der Waals surface area contributed by atoms with Gasteiger partial charge in [-0.2, -0.15) is 0 Å². The zero-order valence-corrected chi connectivity index (χ0v) is 16.2. The lowest BCUT2D eigenvalue weighted by atomic mass is 9.81. The van der Waals surface area contributed by atoms with Crippen LogP contribution in [0.3, 0.4) is 0 Å². The number of ketones is 1. The van der Waals surface area contributed by atoms with Crippen molar-refractivity contribution < 1.29 is 14.4 Å². The molecule has 1 aliphatic carbocycles. The van der Waals surface area contributed by atoms with Crippen molar-refractivity contribution in [3.8, 4) is 0 Å². The first-order chi connectivity index (χ1) is 13.0. The van der Waals surface area contributed by atoms with Crippen LogP contribution < -0.4 is 5.32 Å². The van der Waals surface area contributed by atoms with Gasteiger partial charge in [-0.1, -0.05) is 12.8 Å². The van der Waals surface area contributed by atoms with E-state index in [1.807, 2.05) is 0 Å². The largest absolute Gasteiger partial charge is 0.342 e. The van der Waals surface area contributed by atoms with Gasteiger partial charge in [0.15, 0.2) is 5.78 Å². The SMILES string of the molecule is CC(=O)c1ccc(NC(=O)C2CCC(C(=O)N3CCCCCC3)CC2)cc1. The summed E-state index contributed by atoms with van der Waals surface area (Å²) in [4.78, 5) is 38.7. The highest BCUT2D eigenvalue weighted by Crippen LogP contribution is 2.31. The minimum Gasteiger partial charge on any atom is -0.342 e. The van der Waals surface area contributed by atoms with Crippen molar-refractivity contribution in [2.45, 2.75) is 58.3 Å². The zero-order chi connectivity index (χ0) is 19.2. The van der Waals surface area contributed by atoms with Crippen molar-refractivity contribution in [3.63, 3.8) is 0 Å². The van der Waals surface area contributed by atoms with Crippen LogP contribution in [0, 0.1) is 11.8 Å². The second-order valence-electron chi connectivity index (χ2n) is 7.91. The molecule has 0 aromatic heterocycles. The number of Topliss-reactive ketones (excluding diaryl/α,β-unsaturated/α-hetero) is 1. The Morgan fingerprint density at radius 2 is 1.41 bits per heavy atom. The molecule has 1 aliphatic heterocycles. The molecule has 0 unspecified atom stereocenters. The van der Waals surface area contributed by atoms with Crippen molar-refractivity contribution in [2.75, 3.05) is 18.4 Å². The molecule has 0 atom stereocenters. The molecule has 146 valence electrons. The predicted molar refractivity (Wildman–Crippen MR) is 106 cm³/mol. The minimum atomic E-state index is -0.0364. The molecule has 3 rings (SSSR count). The van der Waals surface area contributed by atoms with E-state index < -0.39 is 0 Å². The molecule has 0 radical (unpaired) electrons. The first-order valence-corrected chi connectivity index (χ1v) is 10.3. The fourth-order valence-corrected chi connectivity index (χ4v) is 4.18. The van der Waals surface area contributed by atoms with E-state index in [4.69, 9.17) is 0 Å². The average molecular weight is 370 g/mol. The third-order valence-corrected chi connectivity index (χ3v) is 5.92. The lowest BCUT2D eigenvalue weighted by Crippen LogP contribution is -2.39. The number of carbonyl (C=O) groups is 3. The van der Waals surface area contributed by atoms with Gasteiger partial charge in [0.25, 0.3) is 0 Å². The van der Waals surface area contributed by atoms with Gasteiger partial charge in [0.05, 0.1) is 0 Å². The summed E-state index contributed by atoms with van der Waals surface area (Å²) in [6.45, 7) is 3.32. The van der Waals surface area contributed by atoms with E-state index in [9.17, 15) is 14.4 Å². The topological polar surface area (TPSA) is 66.5 Å². The summed E-state index contributed by atoms with van der Waals surface area (Å²) in [6.07, 6.45) is 7.82. The van der Waals surface area contributed by atoms with Gasteiger partial charge < -0.3 is 10.2 Å². The summed E-state index contributed by atoms with van der Waals surface area (Å²) >= 11 is 0. The summed E-state index contributed by atoms with van der Waals surface area (Å²) < 4.78 is 0. The average Bonchev–Trinajstić information content (AvgIpc) is 2.97. The maximum Gasteiger partial charge on any atom is 0.227 e. The minimum absolute atomic E-state index is 0.0141. The van der Waals surface area contributed by atoms with Gasteiger partial charge in [-0.15, -0.1) is 0 Å². The van der Waals surface area contributed by atoms with Gasteiger partial charge in [0.1, 0.15) is 0 Å². The number of hydrogen-bond acceptors (Lipinski definition) is 3. The summed E-state index contributed by atoms with van der Waals surface area (Å²) in [5.74, 6) is 0.384. The maximum atomic E-state index is 12.8. The molecule has 1 N–H and O–H groups in total. The number of likely N-dealkylation sites (tertiary alicyclic amines) is 1. The van der Waals surface area contributed by atoms with Crippen molar-refractivity contribution in [2.24, 2.45) is 11.8 Å². The van der Waals surface area contributed by atoms with E-state index >= 15 is 0 Å². The number of hydrogen-bond donors (Lipinski definition) is 1. The van der Waals surface area contributed by atoms with Crippen LogP contribution in [-0.4, -0.2) is 35.6 Å².